The summed E-state index contributed by atoms with van der Waals surface area (Å²) in [5, 5.41) is 12.1. The maximum Gasteiger partial charge on any atom is 0.266 e. The molecular weight excluding hydrogens is 328 g/mol. The van der Waals surface area contributed by atoms with Gasteiger partial charge in [-0.2, -0.15) is 5.26 Å². The predicted octanol–water partition coefficient (Wildman–Crippen LogP) is 4.34. The Balaban J connectivity index is 2.24. The number of aryl methyl sites for hydroxylation is 1. The minimum Gasteiger partial charge on any atom is -0.493 e. The standard InChI is InChI=1S/C21H22N2O3/c1-4-10-26-20-13-16(8-9-19(20)25-3)12-17(14-22)21(24)23-18-7-5-6-15(2)11-18/h5-9,11-13H,4,10H2,1-3H3,(H,23,24)/b17-12+. The van der Waals surface area contributed by atoms with Crippen molar-refractivity contribution in [3.8, 4) is 17.6 Å². The van der Waals surface area contributed by atoms with Crippen LogP contribution in [0.15, 0.2) is 48.0 Å². The zero-order valence-electron chi connectivity index (χ0n) is 15.2. The first-order valence-corrected chi connectivity index (χ1v) is 8.38. The van der Waals surface area contributed by atoms with Crippen molar-refractivity contribution in [2.45, 2.75) is 20.3 Å². The van der Waals surface area contributed by atoms with E-state index in [9.17, 15) is 10.1 Å². The third-order valence-electron chi connectivity index (χ3n) is 3.60. The minimum atomic E-state index is -0.454. The normalized spacial score (nSPS) is 10.8. The van der Waals surface area contributed by atoms with Gasteiger partial charge in [0.05, 0.1) is 13.7 Å². The van der Waals surface area contributed by atoms with Gasteiger partial charge in [0.2, 0.25) is 0 Å². The fraction of sp³-hybridized carbons (Fsp3) is 0.238. The van der Waals surface area contributed by atoms with E-state index >= 15 is 0 Å². The van der Waals surface area contributed by atoms with E-state index in [2.05, 4.69) is 5.32 Å². The van der Waals surface area contributed by atoms with Crippen LogP contribution in [-0.4, -0.2) is 19.6 Å². The summed E-state index contributed by atoms with van der Waals surface area (Å²) in [6.07, 6.45) is 2.40. The first-order valence-electron chi connectivity index (χ1n) is 8.38. The molecule has 0 aliphatic heterocycles. The number of methoxy groups -OCH3 is 1. The van der Waals surface area contributed by atoms with Crippen LogP contribution in [0.2, 0.25) is 0 Å². The molecule has 0 aliphatic carbocycles. The summed E-state index contributed by atoms with van der Waals surface area (Å²) in [6, 6.07) is 14.6. The van der Waals surface area contributed by atoms with Crippen LogP contribution in [0, 0.1) is 18.3 Å². The number of anilines is 1. The van der Waals surface area contributed by atoms with Gasteiger partial charge in [-0.15, -0.1) is 0 Å². The van der Waals surface area contributed by atoms with Crippen LogP contribution in [0.1, 0.15) is 24.5 Å². The van der Waals surface area contributed by atoms with Crippen molar-refractivity contribution in [3.63, 3.8) is 0 Å². The van der Waals surface area contributed by atoms with Gasteiger partial charge in [-0.3, -0.25) is 4.79 Å². The van der Waals surface area contributed by atoms with Crippen LogP contribution in [0.3, 0.4) is 0 Å². The van der Waals surface area contributed by atoms with Crippen LogP contribution in [0.4, 0.5) is 5.69 Å². The average Bonchev–Trinajstić information content (AvgIpc) is 2.64. The molecule has 0 atom stereocenters. The van der Waals surface area contributed by atoms with Crippen molar-refractivity contribution in [2.75, 3.05) is 19.0 Å². The largest absolute Gasteiger partial charge is 0.493 e. The Morgan fingerprint density at radius 1 is 1.23 bits per heavy atom. The fourth-order valence-corrected chi connectivity index (χ4v) is 2.34. The molecule has 0 bridgehead atoms. The molecule has 5 nitrogen and oxygen atoms in total. The molecule has 0 spiro atoms. The number of hydrogen-bond acceptors (Lipinski definition) is 4. The molecule has 1 N–H and O–H groups in total. The Kier molecular flexibility index (Phi) is 6.81. The number of carbonyl (C=O) groups excluding carboxylic acids is 1. The van der Waals surface area contributed by atoms with Gasteiger partial charge >= 0.3 is 0 Å². The van der Waals surface area contributed by atoms with Crippen molar-refractivity contribution in [1.29, 1.82) is 5.26 Å². The summed E-state index contributed by atoms with van der Waals surface area (Å²) in [4.78, 5) is 12.4. The van der Waals surface area contributed by atoms with Crippen molar-refractivity contribution in [1.82, 2.24) is 0 Å². The summed E-state index contributed by atoms with van der Waals surface area (Å²) in [5.74, 6) is 0.739. The van der Waals surface area contributed by atoms with E-state index < -0.39 is 5.91 Å². The van der Waals surface area contributed by atoms with Crippen LogP contribution in [-0.2, 0) is 4.79 Å². The van der Waals surface area contributed by atoms with Crippen LogP contribution >= 0.6 is 0 Å². The number of amides is 1. The maximum absolute atomic E-state index is 12.4. The second-order valence-electron chi connectivity index (χ2n) is 5.75. The number of ether oxygens (including phenoxy) is 2. The van der Waals surface area contributed by atoms with E-state index in [1.807, 2.05) is 38.1 Å². The van der Waals surface area contributed by atoms with Gasteiger partial charge in [0.15, 0.2) is 11.5 Å². The van der Waals surface area contributed by atoms with Gasteiger partial charge in [0.1, 0.15) is 11.6 Å². The second kappa shape index (κ2) is 9.28. The molecule has 2 rings (SSSR count). The average molecular weight is 350 g/mol. The highest BCUT2D eigenvalue weighted by Crippen LogP contribution is 2.29. The lowest BCUT2D eigenvalue weighted by Gasteiger charge is -2.11. The first-order chi connectivity index (χ1) is 12.6. The Labute approximate surface area is 153 Å². The highest BCUT2D eigenvalue weighted by molar-refractivity contribution is 6.09. The monoisotopic (exact) mass is 350 g/mol. The topological polar surface area (TPSA) is 71.3 Å². The minimum absolute atomic E-state index is 0.0121. The van der Waals surface area contributed by atoms with Crippen molar-refractivity contribution >= 4 is 17.7 Å². The molecule has 0 heterocycles. The summed E-state index contributed by atoms with van der Waals surface area (Å²) in [7, 11) is 1.57. The Morgan fingerprint density at radius 2 is 2.04 bits per heavy atom. The summed E-state index contributed by atoms with van der Waals surface area (Å²) >= 11 is 0. The molecule has 0 unspecified atom stereocenters. The van der Waals surface area contributed by atoms with Gasteiger partial charge in [-0.25, -0.2) is 0 Å². The van der Waals surface area contributed by atoms with Crippen LogP contribution < -0.4 is 14.8 Å². The van der Waals surface area contributed by atoms with E-state index in [-0.39, 0.29) is 5.57 Å². The molecule has 0 aromatic heterocycles. The highest BCUT2D eigenvalue weighted by atomic mass is 16.5. The third kappa shape index (κ3) is 5.12. The molecule has 2 aromatic carbocycles. The number of rotatable bonds is 7. The number of nitriles is 1. The van der Waals surface area contributed by atoms with Crippen molar-refractivity contribution in [3.05, 3.63) is 59.2 Å². The molecule has 0 aliphatic rings. The number of carbonyl (C=O) groups is 1. The van der Waals surface area contributed by atoms with Crippen molar-refractivity contribution in [2.24, 2.45) is 0 Å². The van der Waals surface area contributed by atoms with Crippen LogP contribution in [0.5, 0.6) is 11.5 Å². The van der Waals surface area contributed by atoms with E-state index in [0.717, 1.165) is 12.0 Å². The molecule has 134 valence electrons. The SMILES string of the molecule is CCCOc1cc(/C=C(\C#N)C(=O)Nc2cccc(C)c2)ccc1OC. The van der Waals surface area contributed by atoms with Gasteiger partial charge in [0, 0.05) is 5.69 Å². The Hall–Kier alpha value is -3.26. The number of hydrogen-bond donors (Lipinski definition) is 1. The van der Waals surface area contributed by atoms with Gasteiger partial charge in [-0.1, -0.05) is 25.1 Å². The Morgan fingerprint density at radius 3 is 2.69 bits per heavy atom. The lowest BCUT2D eigenvalue weighted by Crippen LogP contribution is -2.13. The molecule has 5 heteroatoms. The molecule has 0 saturated heterocycles. The molecule has 1 amide bonds. The quantitative estimate of drug-likeness (QED) is 0.596. The summed E-state index contributed by atoms with van der Waals surface area (Å²) in [5.41, 5.74) is 2.38. The third-order valence-corrected chi connectivity index (χ3v) is 3.60. The maximum atomic E-state index is 12.4. The van der Waals surface area contributed by atoms with E-state index in [0.29, 0.717) is 29.4 Å². The van der Waals surface area contributed by atoms with E-state index in [4.69, 9.17) is 9.47 Å². The fourth-order valence-electron chi connectivity index (χ4n) is 2.34. The molecule has 26 heavy (non-hydrogen) atoms. The van der Waals surface area contributed by atoms with Gasteiger partial charge in [-0.05, 0) is 54.8 Å². The van der Waals surface area contributed by atoms with E-state index in [1.54, 1.807) is 31.4 Å². The molecular formula is C21H22N2O3. The smallest absolute Gasteiger partial charge is 0.266 e. The highest BCUT2D eigenvalue weighted by Gasteiger charge is 2.11. The number of benzene rings is 2. The summed E-state index contributed by atoms with van der Waals surface area (Å²) in [6.45, 7) is 4.51. The molecule has 0 saturated carbocycles. The zero-order valence-corrected chi connectivity index (χ0v) is 15.2. The predicted molar refractivity (Wildman–Crippen MR) is 102 cm³/mol. The van der Waals surface area contributed by atoms with E-state index in [1.165, 1.54) is 6.08 Å². The zero-order chi connectivity index (χ0) is 18.9. The molecule has 2 aromatic rings. The van der Waals surface area contributed by atoms with Gasteiger partial charge < -0.3 is 14.8 Å². The lowest BCUT2D eigenvalue weighted by molar-refractivity contribution is -0.112. The summed E-state index contributed by atoms with van der Waals surface area (Å²) < 4.78 is 10.9. The molecule has 0 radical (unpaired) electrons. The van der Waals surface area contributed by atoms with Crippen LogP contribution in [0.25, 0.3) is 6.08 Å². The first kappa shape index (κ1) is 19.1. The lowest BCUT2D eigenvalue weighted by atomic mass is 10.1. The Bertz CT molecular complexity index is 851. The molecule has 0 fully saturated rings. The second-order valence-corrected chi connectivity index (χ2v) is 5.75. The van der Waals surface area contributed by atoms with Crippen molar-refractivity contribution < 1.29 is 14.3 Å². The number of nitrogens with one attached hydrogen (secondary N) is 1. The number of nitrogens with zero attached hydrogens (tertiary/aromatic N) is 1. The van der Waals surface area contributed by atoms with Gasteiger partial charge in [0.25, 0.3) is 5.91 Å².